The van der Waals surface area contributed by atoms with E-state index in [1.807, 2.05) is 0 Å². The van der Waals surface area contributed by atoms with Gasteiger partial charge in [-0.3, -0.25) is 0 Å². The Morgan fingerprint density at radius 3 is 2.27 bits per heavy atom. The van der Waals surface area contributed by atoms with Crippen LogP contribution in [0.1, 0.15) is 26.2 Å². The summed E-state index contributed by atoms with van der Waals surface area (Å²) in [5, 5.41) is 0. The van der Waals surface area contributed by atoms with Gasteiger partial charge in [-0.25, -0.2) is 16.8 Å². The highest BCUT2D eigenvalue weighted by Gasteiger charge is 2.37. The molecule has 0 aromatic heterocycles. The Morgan fingerprint density at radius 2 is 1.73 bits per heavy atom. The summed E-state index contributed by atoms with van der Waals surface area (Å²) in [6.07, 6.45) is 3.38. The minimum absolute atomic E-state index is 0.162. The first-order chi connectivity index (χ1) is 10.2. The van der Waals surface area contributed by atoms with E-state index in [0.29, 0.717) is 13.0 Å². The SMILES string of the molecule is CC(N)C1CCCCN1S(=O)(=O)c1ccccc1S(C)(=O)=O. The summed E-state index contributed by atoms with van der Waals surface area (Å²) in [5.74, 6) is 0. The maximum Gasteiger partial charge on any atom is 0.244 e. The average Bonchev–Trinajstić information content (AvgIpc) is 2.46. The summed E-state index contributed by atoms with van der Waals surface area (Å²) in [7, 11) is -7.53. The second-order valence-corrected chi connectivity index (χ2v) is 9.60. The molecule has 2 atom stereocenters. The summed E-state index contributed by atoms with van der Waals surface area (Å²) >= 11 is 0. The van der Waals surface area contributed by atoms with Gasteiger partial charge in [-0.1, -0.05) is 18.6 Å². The van der Waals surface area contributed by atoms with Crippen LogP contribution in [0.4, 0.5) is 0 Å². The van der Waals surface area contributed by atoms with Crippen LogP contribution in [-0.2, 0) is 19.9 Å². The van der Waals surface area contributed by atoms with Crippen LogP contribution in [0.2, 0.25) is 0 Å². The second kappa shape index (κ2) is 6.27. The smallest absolute Gasteiger partial charge is 0.244 e. The summed E-state index contributed by atoms with van der Waals surface area (Å²) in [6.45, 7) is 2.15. The largest absolute Gasteiger partial charge is 0.326 e. The average molecular weight is 346 g/mol. The lowest BCUT2D eigenvalue weighted by molar-refractivity contribution is 0.227. The number of hydrogen-bond donors (Lipinski definition) is 1. The molecule has 0 spiro atoms. The van der Waals surface area contributed by atoms with Gasteiger partial charge in [0.2, 0.25) is 10.0 Å². The first kappa shape index (κ1) is 17.4. The van der Waals surface area contributed by atoms with Crippen molar-refractivity contribution in [1.82, 2.24) is 4.31 Å². The van der Waals surface area contributed by atoms with Gasteiger partial charge in [0.1, 0.15) is 4.90 Å². The van der Waals surface area contributed by atoms with Crippen molar-refractivity contribution in [2.45, 2.75) is 48.1 Å². The molecular formula is C14H22N2O4S2. The Balaban J connectivity index is 2.56. The summed E-state index contributed by atoms with van der Waals surface area (Å²) in [4.78, 5) is -0.325. The van der Waals surface area contributed by atoms with Gasteiger partial charge in [0.15, 0.2) is 9.84 Å². The van der Waals surface area contributed by atoms with Crippen LogP contribution in [0.3, 0.4) is 0 Å². The van der Waals surface area contributed by atoms with Crippen molar-refractivity contribution in [2.75, 3.05) is 12.8 Å². The lowest BCUT2D eigenvalue weighted by atomic mass is 10.00. The molecule has 1 heterocycles. The quantitative estimate of drug-likeness (QED) is 0.876. The number of hydrogen-bond acceptors (Lipinski definition) is 5. The maximum absolute atomic E-state index is 13.0. The Kier molecular flexibility index (Phi) is 4.96. The molecule has 1 aromatic carbocycles. The molecular weight excluding hydrogens is 324 g/mol. The van der Waals surface area contributed by atoms with E-state index in [4.69, 9.17) is 5.73 Å². The Bertz CT molecular complexity index is 742. The molecule has 2 unspecified atom stereocenters. The minimum atomic E-state index is -3.90. The third-order valence-electron chi connectivity index (χ3n) is 3.94. The molecule has 1 aliphatic rings. The van der Waals surface area contributed by atoms with Crippen molar-refractivity contribution < 1.29 is 16.8 Å². The lowest BCUT2D eigenvalue weighted by Crippen LogP contribution is -2.51. The highest BCUT2D eigenvalue weighted by Crippen LogP contribution is 2.30. The molecule has 2 rings (SSSR count). The molecule has 0 radical (unpaired) electrons. The van der Waals surface area contributed by atoms with Crippen LogP contribution in [0.25, 0.3) is 0 Å². The molecule has 1 fully saturated rings. The van der Waals surface area contributed by atoms with Gasteiger partial charge >= 0.3 is 0 Å². The number of nitrogens with two attached hydrogens (primary N) is 1. The Morgan fingerprint density at radius 1 is 1.14 bits per heavy atom. The van der Waals surface area contributed by atoms with Crippen LogP contribution in [0.5, 0.6) is 0 Å². The van der Waals surface area contributed by atoms with E-state index in [1.165, 1.54) is 28.6 Å². The van der Waals surface area contributed by atoms with Crippen LogP contribution in [0.15, 0.2) is 34.1 Å². The standard InChI is InChI=1S/C14H22N2O4S2/c1-11(15)12-7-5-6-10-16(12)22(19,20)14-9-4-3-8-13(14)21(2,17)18/h3-4,8-9,11-12H,5-7,10,15H2,1-2H3. The minimum Gasteiger partial charge on any atom is -0.326 e. The van der Waals surface area contributed by atoms with Crippen LogP contribution >= 0.6 is 0 Å². The molecule has 0 aliphatic carbocycles. The fraction of sp³-hybridized carbons (Fsp3) is 0.571. The van der Waals surface area contributed by atoms with E-state index in [9.17, 15) is 16.8 Å². The topological polar surface area (TPSA) is 97.5 Å². The van der Waals surface area contributed by atoms with E-state index < -0.39 is 19.9 Å². The number of piperidine rings is 1. The van der Waals surface area contributed by atoms with Crippen LogP contribution in [0, 0.1) is 0 Å². The van der Waals surface area contributed by atoms with Gasteiger partial charge in [0, 0.05) is 24.9 Å². The maximum atomic E-state index is 13.0. The van der Waals surface area contributed by atoms with Crippen molar-refractivity contribution >= 4 is 19.9 Å². The van der Waals surface area contributed by atoms with E-state index in [1.54, 1.807) is 6.92 Å². The fourth-order valence-corrected chi connectivity index (χ4v) is 6.23. The molecule has 1 aromatic rings. The van der Waals surface area contributed by atoms with E-state index in [0.717, 1.165) is 19.1 Å². The zero-order valence-electron chi connectivity index (χ0n) is 12.8. The molecule has 124 valence electrons. The van der Waals surface area contributed by atoms with E-state index >= 15 is 0 Å². The fourth-order valence-electron chi connectivity index (χ4n) is 2.85. The number of nitrogens with zero attached hydrogens (tertiary/aromatic N) is 1. The number of rotatable bonds is 4. The van der Waals surface area contributed by atoms with Crippen LogP contribution < -0.4 is 5.73 Å². The second-order valence-electron chi connectivity index (χ2n) is 5.76. The van der Waals surface area contributed by atoms with Crippen molar-refractivity contribution in [2.24, 2.45) is 5.73 Å². The normalized spacial score (nSPS) is 22.4. The van der Waals surface area contributed by atoms with Gasteiger partial charge in [0.25, 0.3) is 0 Å². The Hall–Kier alpha value is -0.960. The van der Waals surface area contributed by atoms with E-state index in [-0.39, 0.29) is 21.9 Å². The van der Waals surface area contributed by atoms with Gasteiger partial charge in [-0.2, -0.15) is 4.31 Å². The first-order valence-electron chi connectivity index (χ1n) is 7.22. The molecule has 0 bridgehead atoms. The zero-order valence-corrected chi connectivity index (χ0v) is 14.4. The van der Waals surface area contributed by atoms with Crippen molar-refractivity contribution in [3.8, 4) is 0 Å². The van der Waals surface area contributed by atoms with Crippen LogP contribution in [-0.4, -0.2) is 46.0 Å². The van der Waals surface area contributed by atoms with Gasteiger partial charge in [0.05, 0.1) is 4.90 Å². The molecule has 0 saturated carbocycles. The highest BCUT2D eigenvalue weighted by molar-refractivity contribution is 7.93. The van der Waals surface area contributed by atoms with Gasteiger partial charge in [-0.05, 0) is 31.9 Å². The zero-order chi connectivity index (χ0) is 16.5. The number of benzene rings is 1. The molecule has 2 N–H and O–H groups in total. The monoisotopic (exact) mass is 346 g/mol. The predicted molar refractivity (Wildman–Crippen MR) is 84.7 cm³/mol. The Labute approximate surface area is 132 Å². The highest BCUT2D eigenvalue weighted by atomic mass is 32.2. The molecule has 22 heavy (non-hydrogen) atoms. The molecule has 6 nitrogen and oxygen atoms in total. The lowest BCUT2D eigenvalue weighted by Gasteiger charge is -2.37. The molecule has 1 aliphatic heterocycles. The summed E-state index contributed by atoms with van der Waals surface area (Å²) < 4.78 is 51.1. The van der Waals surface area contributed by atoms with Gasteiger partial charge < -0.3 is 5.73 Å². The summed E-state index contributed by atoms with van der Waals surface area (Å²) in [6, 6.07) is 5.12. The number of sulfonamides is 1. The molecule has 0 amide bonds. The van der Waals surface area contributed by atoms with Gasteiger partial charge in [-0.15, -0.1) is 0 Å². The third kappa shape index (κ3) is 3.34. The first-order valence-corrected chi connectivity index (χ1v) is 10.6. The third-order valence-corrected chi connectivity index (χ3v) is 7.21. The van der Waals surface area contributed by atoms with E-state index in [2.05, 4.69) is 0 Å². The number of sulfone groups is 1. The van der Waals surface area contributed by atoms with Crippen molar-refractivity contribution in [1.29, 1.82) is 0 Å². The predicted octanol–water partition coefficient (Wildman–Crippen LogP) is 0.980. The summed E-state index contributed by atoms with van der Waals surface area (Å²) in [5.41, 5.74) is 5.93. The van der Waals surface area contributed by atoms with Crippen molar-refractivity contribution in [3.63, 3.8) is 0 Å². The van der Waals surface area contributed by atoms with Crippen molar-refractivity contribution in [3.05, 3.63) is 24.3 Å². The molecule has 8 heteroatoms. The molecule has 1 saturated heterocycles.